The standard InChI is InChI=1S/C38H49N7O14/c1-19(32(52)43-27(18-30(50)51)35(55)44-28(38(58)59)16-24-13-9-6-10-14-24)39-34(54)26(17-29(48)49)42-33(53)20(2)40-37(57)31(21(3)46)45-36(56)25(41-22(4)47)15-23-11-7-5-8-12-23/h5-14,19-21,25-28,31,46H,15-18H2,1-4H3,(H,39,54)(H,40,57)(H,41,47)(H,42,53)(H,43,52)(H,44,55)(H,45,56)(H,48,49)(H,50,51)(H,58,59)/t19-,20-,21-,25-,26-,27-,28-,31-/m0/s1. The van der Waals surface area contributed by atoms with E-state index in [0.717, 1.165) is 13.8 Å². The van der Waals surface area contributed by atoms with Gasteiger partial charge in [-0.3, -0.25) is 43.2 Å². The Morgan fingerprint density at radius 2 is 0.847 bits per heavy atom. The first-order chi connectivity index (χ1) is 27.7. The zero-order valence-electron chi connectivity index (χ0n) is 32.6. The van der Waals surface area contributed by atoms with Crippen LogP contribution in [-0.2, 0) is 60.8 Å². The number of amides is 7. The van der Waals surface area contributed by atoms with Gasteiger partial charge in [0.15, 0.2) is 0 Å². The van der Waals surface area contributed by atoms with Crippen molar-refractivity contribution in [3.63, 3.8) is 0 Å². The third kappa shape index (κ3) is 17.0. The minimum absolute atomic E-state index is 0.0349. The predicted octanol–water partition coefficient (Wildman–Crippen LogP) is -2.66. The van der Waals surface area contributed by atoms with Gasteiger partial charge in [0.05, 0.1) is 18.9 Å². The van der Waals surface area contributed by atoms with Crippen LogP contribution in [0.3, 0.4) is 0 Å². The van der Waals surface area contributed by atoms with Gasteiger partial charge in [-0.25, -0.2) is 4.79 Å². The van der Waals surface area contributed by atoms with Gasteiger partial charge in [0, 0.05) is 19.8 Å². The molecule has 0 heterocycles. The molecule has 0 spiro atoms. The van der Waals surface area contributed by atoms with Crippen molar-refractivity contribution in [1.29, 1.82) is 0 Å². The molecule has 0 aromatic heterocycles. The van der Waals surface area contributed by atoms with Crippen LogP contribution in [0.5, 0.6) is 0 Å². The van der Waals surface area contributed by atoms with Gasteiger partial charge in [-0.05, 0) is 31.9 Å². The summed E-state index contributed by atoms with van der Waals surface area (Å²) in [5.74, 6) is -11.6. The lowest BCUT2D eigenvalue weighted by atomic mass is 10.0. The van der Waals surface area contributed by atoms with Crippen molar-refractivity contribution < 1.29 is 68.4 Å². The Balaban J connectivity index is 2.10. The van der Waals surface area contributed by atoms with E-state index in [9.17, 15) is 68.4 Å². The number of nitrogens with one attached hydrogen (secondary N) is 7. The van der Waals surface area contributed by atoms with Gasteiger partial charge in [0.25, 0.3) is 0 Å². The van der Waals surface area contributed by atoms with Crippen molar-refractivity contribution in [3.05, 3.63) is 71.8 Å². The van der Waals surface area contributed by atoms with Crippen LogP contribution in [0.15, 0.2) is 60.7 Å². The second kappa shape index (κ2) is 23.4. The molecule has 0 bridgehead atoms. The van der Waals surface area contributed by atoms with Gasteiger partial charge in [0.1, 0.15) is 42.3 Å². The van der Waals surface area contributed by atoms with Crippen molar-refractivity contribution in [2.24, 2.45) is 0 Å². The van der Waals surface area contributed by atoms with Crippen LogP contribution in [0.4, 0.5) is 0 Å². The molecule has 11 N–H and O–H groups in total. The molecule has 8 atom stereocenters. The molecule has 21 nitrogen and oxygen atoms in total. The molecule has 0 fully saturated rings. The Hall–Kier alpha value is -6.90. The van der Waals surface area contributed by atoms with Crippen LogP contribution < -0.4 is 37.2 Å². The number of aliphatic carboxylic acids is 3. The first kappa shape index (κ1) is 48.2. The molecular formula is C38H49N7O14. The summed E-state index contributed by atoms with van der Waals surface area (Å²) in [6.45, 7) is 4.61. The van der Waals surface area contributed by atoms with E-state index in [-0.39, 0.29) is 12.8 Å². The van der Waals surface area contributed by atoms with E-state index in [1.807, 2.05) is 0 Å². The van der Waals surface area contributed by atoms with E-state index in [2.05, 4.69) is 37.2 Å². The van der Waals surface area contributed by atoms with E-state index in [4.69, 9.17) is 0 Å². The van der Waals surface area contributed by atoms with Crippen LogP contribution in [0.1, 0.15) is 51.7 Å². The Labute approximate surface area is 338 Å². The van der Waals surface area contributed by atoms with Crippen molar-refractivity contribution >= 4 is 59.3 Å². The molecule has 0 aliphatic carbocycles. The van der Waals surface area contributed by atoms with Crippen molar-refractivity contribution in [3.8, 4) is 0 Å². The van der Waals surface area contributed by atoms with Crippen molar-refractivity contribution in [2.45, 2.75) is 102 Å². The fourth-order valence-corrected chi connectivity index (χ4v) is 5.40. The molecule has 7 amide bonds. The maximum Gasteiger partial charge on any atom is 0.326 e. The summed E-state index contributed by atoms with van der Waals surface area (Å²) >= 11 is 0. The first-order valence-corrected chi connectivity index (χ1v) is 18.2. The summed E-state index contributed by atoms with van der Waals surface area (Å²) < 4.78 is 0. The summed E-state index contributed by atoms with van der Waals surface area (Å²) in [6.07, 6.45) is -3.66. The molecular weight excluding hydrogens is 778 g/mol. The van der Waals surface area contributed by atoms with Crippen LogP contribution in [0.2, 0.25) is 0 Å². The molecule has 0 saturated carbocycles. The summed E-state index contributed by atoms with van der Waals surface area (Å²) in [5.41, 5.74) is 1.21. The fraction of sp³-hybridized carbons (Fsp3) is 0.421. The topological polar surface area (TPSA) is 336 Å². The molecule has 320 valence electrons. The summed E-state index contributed by atoms with van der Waals surface area (Å²) in [7, 11) is 0. The minimum atomic E-state index is -1.86. The number of carboxylic acids is 3. The van der Waals surface area contributed by atoms with Gasteiger partial charge in [0.2, 0.25) is 41.4 Å². The summed E-state index contributed by atoms with van der Waals surface area (Å²) in [4.78, 5) is 125. The first-order valence-electron chi connectivity index (χ1n) is 18.2. The highest BCUT2D eigenvalue weighted by atomic mass is 16.4. The highest BCUT2D eigenvalue weighted by Gasteiger charge is 2.34. The fourth-order valence-electron chi connectivity index (χ4n) is 5.40. The van der Waals surface area contributed by atoms with Gasteiger partial charge in [-0.15, -0.1) is 0 Å². The average Bonchev–Trinajstić information content (AvgIpc) is 3.15. The highest BCUT2D eigenvalue weighted by Crippen LogP contribution is 2.07. The Morgan fingerprint density at radius 1 is 0.475 bits per heavy atom. The smallest absolute Gasteiger partial charge is 0.326 e. The van der Waals surface area contributed by atoms with Gasteiger partial charge >= 0.3 is 17.9 Å². The number of carbonyl (C=O) groups is 10. The van der Waals surface area contributed by atoms with Gasteiger partial charge in [-0.2, -0.15) is 0 Å². The summed E-state index contributed by atoms with van der Waals surface area (Å²) in [5, 5.41) is 54.4. The largest absolute Gasteiger partial charge is 0.481 e. The maximum atomic E-state index is 13.2. The molecule has 2 aromatic carbocycles. The normalized spacial score (nSPS) is 14.8. The number of carboxylic acid groups (broad SMARTS) is 3. The van der Waals surface area contributed by atoms with Crippen molar-refractivity contribution in [1.82, 2.24) is 37.2 Å². The number of hydrogen-bond donors (Lipinski definition) is 11. The molecule has 0 unspecified atom stereocenters. The van der Waals surface area contributed by atoms with Crippen LogP contribution in [0, 0.1) is 0 Å². The number of aliphatic hydroxyl groups excluding tert-OH is 1. The molecule has 0 saturated heterocycles. The zero-order chi connectivity index (χ0) is 44.4. The van der Waals surface area contributed by atoms with E-state index < -0.39 is 120 Å². The Bertz CT molecular complexity index is 1840. The van der Waals surface area contributed by atoms with Crippen LogP contribution in [-0.4, -0.2) is 128 Å². The Kier molecular flexibility index (Phi) is 19.1. The molecule has 0 aliphatic rings. The average molecular weight is 828 g/mol. The third-order valence-corrected chi connectivity index (χ3v) is 8.46. The number of carbonyl (C=O) groups excluding carboxylic acids is 7. The van der Waals surface area contributed by atoms with Gasteiger partial charge in [-0.1, -0.05) is 60.7 Å². The molecule has 0 radical (unpaired) electrons. The zero-order valence-corrected chi connectivity index (χ0v) is 32.6. The monoisotopic (exact) mass is 827 g/mol. The lowest BCUT2D eigenvalue weighted by Crippen LogP contribution is -2.61. The van der Waals surface area contributed by atoms with E-state index in [1.165, 1.54) is 13.8 Å². The quantitative estimate of drug-likeness (QED) is 0.0545. The third-order valence-electron chi connectivity index (χ3n) is 8.46. The molecule has 21 heteroatoms. The van der Waals surface area contributed by atoms with E-state index in [1.54, 1.807) is 60.7 Å². The number of benzene rings is 2. The van der Waals surface area contributed by atoms with E-state index >= 15 is 0 Å². The summed E-state index contributed by atoms with van der Waals surface area (Å²) in [6, 6.07) is 5.74. The van der Waals surface area contributed by atoms with Crippen molar-refractivity contribution in [2.75, 3.05) is 0 Å². The van der Waals surface area contributed by atoms with E-state index in [0.29, 0.717) is 11.1 Å². The van der Waals surface area contributed by atoms with Gasteiger partial charge < -0.3 is 57.6 Å². The lowest BCUT2D eigenvalue weighted by Gasteiger charge is -2.26. The van der Waals surface area contributed by atoms with Crippen LogP contribution >= 0.6 is 0 Å². The maximum absolute atomic E-state index is 13.2. The molecule has 2 rings (SSSR count). The second-order valence-corrected chi connectivity index (χ2v) is 13.5. The predicted molar refractivity (Wildman–Crippen MR) is 205 cm³/mol. The minimum Gasteiger partial charge on any atom is -0.481 e. The number of aliphatic hydroxyl groups is 1. The molecule has 59 heavy (non-hydrogen) atoms. The lowest BCUT2D eigenvalue weighted by molar-refractivity contribution is -0.143. The highest BCUT2D eigenvalue weighted by molar-refractivity contribution is 5.98. The molecule has 2 aromatic rings. The number of hydrogen-bond acceptors (Lipinski definition) is 11. The molecule has 0 aliphatic heterocycles. The second-order valence-electron chi connectivity index (χ2n) is 13.5. The SMILES string of the molecule is CC(=O)N[C@@H](Cc1ccccc1)C(=O)N[C@H](C(=O)N[C@@H](C)C(=O)N[C@@H](CC(=O)O)C(=O)N[C@@H](C)C(=O)N[C@@H](CC(=O)O)C(=O)N[C@@H](Cc1ccccc1)C(=O)O)[C@H](C)O. The number of rotatable bonds is 23. The van der Waals surface area contributed by atoms with Crippen LogP contribution in [0.25, 0.3) is 0 Å². The Morgan fingerprint density at radius 3 is 1.24 bits per heavy atom.